The van der Waals surface area contributed by atoms with Gasteiger partial charge in [-0.1, -0.05) is 18.2 Å². The fourth-order valence-electron chi connectivity index (χ4n) is 1.80. The average molecular weight is 189 g/mol. The lowest BCUT2D eigenvalue weighted by molar-refractivity contribution is 0.449. The molecular weight excluding hydrogens is 176 g/mol. The zero-order valence-corrected chi connectivity index (χ0v) is 7.99. The van der Waals surface area contributed by atoms with Crippen molar-refractivity contribution in [1.82, 2.24) is 10.6 Å². The van der Waals surface area contributed by atoms with Crippen LogP contribution in [0.25, 0.3) is 0 Å². The van der Waals surface area contributed by atoms with Crippen LogP contribution in [0.3, 0.4) is 0 Å². The Labute approximate surface area is 83.6 Å². The van der Waals surface area contributed by atoms with Crippen molar-refractivity contribution in [2.45, 2.75) is 12.5 Å². The van der Waals surface area contributed by atoms with Crippen LogP contribution < -0.4 is 10.6 Å². The topological polar surface area (TPSA) is 43.2 Å². The van der Waals surface area contributed by atoms with Crippen molar-refractivity contribution < 1.29 is 4.79 Å². The Morgan fingerprint density at radius 3 is 3.21 bits per heavy atom. The predicted octanol–water partition coefficient (Wildman–Crippen LogP) is 0.207. The fourth-order valence-corrected chi connectivity index (χ4v) is 1.80. The number of carbonyl (C=O) groups excluding carboxylic acids is 1. The number of hydrogen-bond donors (Lipinski definition) is 1. The van der Waals surface area contributed by atoms with Gasteiger partial charge in [0.05, 0.1) is 6.04 Å². The molecule has 3 nitrogen and oxygen atoms in total. The lowest BCUT2D eigenvalue weighted by Gasteiger charge is -2.26. The van der Waals surface area contributed by atoms with Gasteiger partial charge in [-0.05, 0) is 5.57 Å². The van der Waals surface area contributed by atoms with E-state index in [2.05, 4.69) is 10.6 Å². The number of nitrogens with zero attached hydrogens (tertiary/aromatic N) is 1. The van der Waals surface area contributed by atoms with E-state index < -0.39 is 0 Å². The molecule has 0 aromatic carbocycles. The number of rotatable bonds is 1. The molecule has 1 heterocycles. The van der Waals surface area contributed by atoms with Crippen molar-refractivity contribution in [3.8, 4) is 0 Å². The molecular formula is C11H13N2O. The summed E-state index contributed by atoms with van der Waals surface area (Å²) in [5.41, 5.74) is 1.79. The van der Waals surface area contributed by atoms with Crippen LogP contribution >= 0.6 is 0 Å². The molecule has 1 unspecified atom stereocenters. The Kier molecular flexibility index (Phi) is 2.94. The lowest BCUT2D eigenvalue weighted by Crippen LogP contribution is -2.45. The standard InChI is InChI=1S/C11H13N2O/c14-8-9-3-1-2-4-10(9)11-7-12-5-6-13-11/h1-2,4,11-12H,3,5-7H2. The first-order valence-electron chi connectivity index (χ1n) is 4.90. The van der Waals surface area contributed by atoms with Crippen LogP contribution in [0.15, 0.2) is 29.4 Å². The summed E-state index contributed by atoms with van der Waals surface area (Å²) in [7, 11) is 0. The van der Waals surface area contributed by atoms with Crippen molar-refractivity contribution in [3.63, 3.8) is 0 Å². The maximum absolute atomic E-state index is 10.7. The van der Waals surface area contributed by atoms with Gasteiger partial charge in [-0.2, -0.15) is 0 Å². The van der Waals surface area contributed by atoms with Gasteiger partial charge in [0.25, 0.3) is 0 Å². The highest BCUT2D eigenvalue weighted by atomic mass is 16.1. The van der Waals surface area contributed by atoms with Crippen LogP contribution in [0, 0.1) is 0 Å². The van der Waals surface area contributed by atoms with Crippen LogP contribution in [-0.2, 0) is 4.79 Å². The van der Waals surface area contributed by atoms with E-state index in [1.165, 1.54) is 0 Å². The summed E-state index contributed by atoms with van der Waals surface area (Å²) in [6, 6.07) is 0.144. The Bertz CT molecular complexity index is 318. The zero-order chi connectivity index (χ0) is 9.80. The Morgan fingerprint density at radius 2 is 2.50 bits per heavy atom. The van der Waals surface area contributed by atoms with Gasteiger partial charge in [-0.25, -0.2) is 10.1 Å². The molecule has 1 saturated heterocycles. The number of piperazine rings is 1. The predicted molar refractivity (Wildman–Crippen MR) is 54.7 cm³/mol. The summed E-state index contributed by atoms with van der Waals surface area (Å²) in [5.74, 6) is 2.01. The molecule has 0 aromatic heterocycles. The van der Waals surface area contributed by atoms with Gasteiger partial charge in [0.2, 0.25) is 0 Å². The molecule has 2 aliphatic rings. The molecule has 0 bridgehead atoms. The second-order valence-electron chi connectivity index (χ2n) is 3.46. The molecule has 0 spiro atoms. The van der Waals surface area contributed by atoms with Crippen LogP contribution in [0.1, 0.15) is 6.42 Å². The van der Waals surface area contributed by atoms with E-state index in [4.69, 9.17) is 0 Å². The monoisotopic (exact) mass is 189 g/mol. The third kappa shape index (κ3) is 1.85. The first-order valence-corrected chi connectivity index (χ1v) is 4.90. The first-order chi connectivity index (χ1) is 6.92. The molecule has 1 aliphatic carbocycles. The largest absolute Gasteiger partial charge is 0.313 e. The van der Waals surface area contributed by atoms with Crippen LogP contribution in [-0.4, -0.2) is 31.6 Å². The van der Waals surface area contributed by atoms with E-state index in [0.717, 1.165) is 30.8 Å². The maximum atomic E-state index is 10.7. The number of allylic oxidation sites excluding steroid dienone is 3. The Morgan fingerprint density at radius 1 is 1.57 bits per heavy atom. The van der Waals surface area contributed by atoms with Gasteiger partial charge in [0.15, 0.2) is 0 Å². The normalized spacial score (nSPS) is 27.0. The molecule has 14 heavy (non-hydrogen) atoms. The highest BCUT2D eigenvalue weighted by molar-refractivity contribution is 5.64. The smallest absolute Gasteiger partial charge is 0.128 e. The molecule has 3 heteroatoms. The minimum atomic E-state index is 0.144. The van der Waals surface area contributed by atoms with Gasteiger partial charge in [-0.15, -0.1) is 0 Å². The van der Waals surface area contributed by atoms with E-state index in [-0.39, 0.29) is 6.04 Å². The summed E-state index contributed by atoms with van der Waals surface area (Å²) in [5, 5.41) is 7.76. The zero-order valence-electron chi connectivity index (χ0n) is 7.99. The van der Waals surface area contributed by atoms with E-state index >= 15 is 0 Å². The number of hydrogen-bond acceptors (Lipinski definition) is 2. The molecule has 2 rings (SSSR count). The van der Waals surface area contributed by atoms with E-state index in [9.17, 15) is 4.79 Å². The van der Waals surface area contributed by atoms with E-state index in [1.54, 1.807) is 0 Å². The molecule has 1 aliphatic heterocycles. The van der Waals surface area contributed by atoms with Crippen LogP contribution in [0.5, 0.6) is 0 Å². The molecule has 73 valence electrons. The molecule has 1 radical (unpaired) electrons. The highest BCUT2D eigenvalue weighted by Crippen LogP contribution is 2.21. The number of nitrogens with one attached hydrogen (secondary N) is 1. The van der Waals surface area contributed by atoms with E-state index in [0.29, 0.717) is 6.42 Å². The minimum absolute atomic E-state index is 0.144. The molecule has 0 aromatic rings. The van der Waals surface area contributed by atoms with Gasteiger partial charge in [-0.3, -0.25) is 0 Å². The van der Waals surface area contributed by atoms with Crippen molar-refractivity contribution in [2.75, 3.05) is 19.6 Å². The van der Waals surface area contributed by atoms with Gasteiger partial charge in [0.1, 0.15) is 5.94 Å². The molecule has 0 saturated carbocycles. The molecule has 1 fully saturated rings. The maximum Gasteiger partial charge on any atom is 0.128 e. The van der Waals surface area contributed by atoms with Gasteiger partial charge >= 0.3 is 0 Å². The van der Waals surface area contributed by atoms with Gasteiger partial charge in [0, 0.05) is 31.6 Å². The third-order valence-corrected chi connectivity index (χ3v) is 2.54. The second kappa shape index (κ2) is 4.38. The minimum Gasteiger partial charge on any atom is -0.313 e. The Hall–Kier alpha value is -1.15. The van der Waals surface area contributed by atoms with Crippen molar-refractivity contribution in [1.29, 1.82) is 0 Å². The molecule has 1 atom stereocenters. The third-order valence-electron chi connectivity index (χ3n) is 2.54. The second-order valence-corrected chi connectivity index (χ2v) is 3.46. The lowest BCUT2D eigenvalue weighted by atomic mass is 9.92. The van der Waals surface area contributed by atoms with Crippen LogP contribution in [0.2, 0.25) is 0 Å². The molecule has 1 N–H and O–H groups in total. The average Bonchev–Trinajstić information content (AvgIpc) is 2.30. The first kappa shape index (κ1) is 9.41. The summed E-state index contributed by atoms with van der Waals surface area (Å²) in [6.07, 6.45) is 6.63. The highest BCUT2D eigenvalue weighted by Gasteiger charge is 2.21. The summed E-state index contributed by atoms with van der Waals surface area (Å²) < 4.78 is 0. The molecule has 0 amide bonds. The van der Waals surface area contributed by atoms with Crippen LogP contribution in [0.4, 0.5) is 0 Å². The van der Waals surface area contributed by atoms with Crippen molar-refractivity contribution in [2.24, 2.45) is 0 Å². The fraction of sp³-hybridized carbons (Fsp3) is 0.455. The Balaban J connectivity index is 2.17. The summed E-state index contributed by atoms with van der Waals surface area (Å²) in [4.78, 5) is 10.7. The van der Waals surface area contributed by atoms with E-state index in [1.807, 2.05) is 24.2 Å². The quantitative estimate of drug-likeness (QED) is 0.599. The summed E-state index contributed by atoms with van der Waals surface area (Å²) in [6.45, 7) is 2.61. The SMILES string of the molecule is O=C=C1CC=CC=C1C1CNCC[N]1. The van der Waals surface area contributed by atoms with Gasteiger partial charge < -0.3 is 5.32 Å². The van der Waals surface area contributed by atoms with Crippen molar-refractivity contribution >= 4 is 5.94 Å². The summed E-state index contributed by atoms with van der Waals surface area (Å²) >= 11 is 0. The van der Waals surface area contributed by atoms with Crippen molar-refractivity contribution in [3.05, 3.63) is 29.4 Å².